The highest BCUT2D eigenvalue weighted by atomic mass is 16.7. The molecule has 2 aromatic carbocycles. The van der Waals surface area contributed by atoms with Gasteiger partial charge in [-0.2, -0.15) is 0 Å². The summed E-state index contributed by atoms with van der Waals surface area (Å²) >= 11 is 0. The fraction of sp³-hybridized carbons (Fsp3) is 0.545. The zero-order chi connectivity index (χ0) is 31.5. The minimum atomic E-state index is -1.22. The molecule has 1 atom stereocenters. The first-order valence-electron chi connectivity index (χ1n) is 15.5. The number of anilines is 1. The topological polar surface area (TPSA) is 138 Å². The van der Waals surface area contributed by atoms with Crippen LogP contribution in [0.5, 0.6) is 5.75 Å². The Bertz CT molecular complexity index is 1280. The summed E-state index contributed by atoms with van der Waals surface area (Å²) in [6.45, 7) is 6.26. The number of aliphatic carboxylic acids is 1. The second-order valence-electron chi connectivity index (χ2n) is 11.8. The lowest BCUT2D eigenvalue weighted by Crippen LogP contribution is -2.36. The summed E-state index contributed by atoms with van der Waals surface area (Å²) in [6, 6.07) is 12.6. The van der Waals surface area contributed by atoms with E-state index in [2.05, 4.69) is 5.32 Å². The van der Waals surface area contributed by atoms with E-state index in [9.17, 15) is 19.5 Å². The van der Waals surface area contributed by atoms with E-state index in [1.54, 1.807) is 6.07 Å². The molecule has 0 bridgehead atoms. The second-order valence-corrected chi connectivity index (χ2v) is 11.8. The van der Waals surface area contributed by atoms with Crippen LogP contribution in [0.25, 0.3) is 0 Å². The Kier molecular flexibility index (Phi) is 12.1. The van der Waals surface area contributed by atoms with E-state index < -0.39 is 36.3 Å². The van der Waals surface area contributed by atoms with Gasteiger partial charge in [0.15, 0.2) is 0 Å². The van der Waals surface area contributed by atoms with Gasteiger partial charge in [-0.05, 0) is 74.0 Å². The summed E-state index contributed by atoms with van der Waals surface area (Å²) < 4.78 is 17.3. The molecular formula is C33H45N3O8. The van der Waals surface area contributed by atoms with Gasteiger partial charge in [0.05, 0.1) is 12.7 Å². The highest BCUT2D eigenvalue weighted by molar-refractivity contribution is 6.13. The molecule has 0 unspecified atom stereocenters. The van der Waals surface area contributed by atoms with Gasteiger partial charge in [-0.3, -0.25) is 19.4 Å². The van der Waals surface area contributed by atoms with Crippen LogP contribution in [-0.2, 0) is 32.1 Å². The van der Waals surface area contributed by atoms with Gasteiger partial charge in [-0.15, -0.1) is 0 Å². The Morgan fingerprint density at radius 3 is 2.61 bits per heavy atom. The van der Waals surface area contributed by atoms with Crippen molar-refractivity contribution in [3.05, 3.63) is 59.2 Å². The van der Waals surface area contributed by atoms with Crippen molar-refractivity contribution in [2.75, 3.05) is 44.3 Å². The fourth-order valence-corrected chi connectivity index (χ4v) is 5.28. The molecule has 44 heavy (non-hydrogen) atoms. The van der Waals surface area contributed by atoms with Crippen LogP contribution in [0.1, 0.15) is 75.2 Å². The molecule has 2 aliphatic heterocycles. The number of hydrogen-bond acceptors (Lipinski definition) is 8. The van der Waals surface area contributed by atoms with Crippen molar-refractivity contribution in [1.29, 1.82) is 0 Å². The Hall–Kier alpha value is -3.51. The number of benzene rings is 2. The molecule has 2 aliphatic rings. The van der Waals surface area contributed by atoms with Gasteiger partial charge in [-0.25, -0.2) is 4.79 Å². The lowest BCUT2D eigenvalue weighted by atomic mass is 10.0. The Labute approximate surface area is 259 Å². The number of ether oxygens (including phenoxy) is 3. The normalized spacial score (nSPS) is 16.6. The molecule has 0 saturated carbocycles. The summed E-state index contributed by atoms with van der Waals surface area (Å²) in [5.41, 5.74) is 3.46. The molecule has 3 amide bonds. The molecule has 0 spiro atoms. The molecule has 2 heterocycles. The molecule has 4 rings (SSSR count). The van der Waals surface area contributed by atoms with Crippen LogP contribution in [0.15, 0.2) is 42.5 Å². The predicted molar refractivity (Wildman–Crippen MR) is 165 cm³/mol. The molecule has 1 saturated heterocycles. The molecule has 2 aromatic rings. The number of nitrogens with zero attached hydrogens (tertiary/aromatic N) is 2. The molecule has 11 nitrogen and oxygen atoms in total. The van der Waals surface area contributed by atoms with E-state index in [4.69, 9.17) is 19.3 Å². The van der Waals surface area contributed by atoms with Gasteiger partial charge < -0.3 is 29.7 Å². The van der Waals surface area contributed by atoms with Crippen LogP contribution in [0.2, 0.25) is 0 Å². The summed E-state index contributed by atoms with van der Waals surface area (Å²) in [5.74, 6) is -1.55. The van der Waals surface area contributed by atoms with E-state index in [0.717, 1.165) is 85.4 Å². The van der Waals surface area contributed by atoms with Crippen molar-refractivity contribution in [3.8, 4) is 5.75 Å². The molecule has 1 fully saturated rings. The summed E-state index contributed by atoms with van der Waals surface area (Å²) in [6.07, 6.45) is 6.36. The van der Waals surface area contributed by atoms with Crippen molar-refractivity contribution >= 4 is 23.6 Å². The maximum absolute atomic E-state index is 12.5. The zero-order valence-electron chi connectivity index (χ0n) is 25.8. The van der Waals surface area contributed by atoms with Gasteiger partial charge in [0, 0.05) is 44.9 Å². The summed E-state index contributed by atoms with van der Waals surface area (Å²) in [4.78, 5) is 37.6. The molecule has 240 valence electrons. The number of nitrogens with one attached hydrogen (secondary N) is 1. The number of carbonyl (C=O) groups excluding carboxylic acids is 2. The average Bonchev–Trinajstić information content (AvgIpc) is 3.27. The minimum absolute atomic E-state index is 0.148. The van der Waals surface area contributed by atoms with Gasteiger partial charge in [0.25, 0.3) is 5.91 Å². The molecule has 0 aromatic heterocycles. The lowest BCUT2D eigenvalue weighted by molar-refractivity contribution is -0.180. The van der Waals surface area contributed by atoms with E-state index in [1.165, 1.54) is 4.90 Å². The number of carbonyl (C=O) groups is 3. The lowest BCUT2D eigenvalue weighted by Gasteiger charge is -2.33. The van der Waals surface area contributed by atoms with Crippen LogP contribution in [0.4, 0.5) is 10.5 Å². The minimum Gasteiger partial charge on any atom is -0.480 e. The Morgan fingerprint density at radius 1 is 1.05 bits per heavy atom. The number of imide groups is 1. The van der Waals surface area contributed by atoms with Gasteiger partial charge >= 0.3 is 12.0 Å². The number of carboxylic acid groups (broad SMARTS) is 1. The van der Waals surface area contributed by atoms with Crippen molar-refractivity contribution < 1.29 is 38.8 Å². The third-order valence-electron chi connectivity index (χ3n) is 7.71. The van der Waals surface area contributed by atoms with Crippen molar-refractivity contribution in [3.63, 3.8) is 0 Å². The maximum Gasteiger partial charge on any atom is 0.332 e. The van der Waals surface area contributed by atoms with E-state index >= 15 is 0 Å². The predicted octanol–water partition coefficient (Wildman–Crippen LogP) is 4.41. The number of hydrogen-bond donors (Lipinski definition) is 3. The van der Waals surface area contributed by atoms with Crippen LogP contribution >= 0.6 is 0 Å². The van der Waals surface area contributed by atoms with E-state index in [1.807, 2.05) is 50.2 Å². The molecular weight excluding hydrogens is 566 g/mol. The van der Waals surface area contributed by atoms with Gasteiger partial charge in [0.1, 0.15) is 18.8 Å². The SMILES string of the molecule is CC1(C)OCc2cc([C@@H](O)CNCCCCCCOCCCCc3cccc(N4CC(=O)N(CC(=O)O)C4=O)c3)ccc2O1. The number of fused-ring (bicyclic) bond motifs is 1. The van der Waals surface area contributed by atoms with Gasteiger partial charge in [-0.1, -0.05) is 31.0 Å². The number of aliphatic hydroxyl groups excluding tert-OH is 1. The molecule has 11 heteroatoms. The number of rotatable bonds is 18. The zero-order valence-corrected chi connectivity index (χ0v) is 25.8. The molecule has 0 radical (unpaired) electrons. The van der Waals surface area contributed by atoms with E-state index in [0.29, 0.717) is 25.4 Å². The molecule has 0 aliphatic carbocycles. The summed E-state index contributed by atoms with van der Waals surface area (Å²) in [7, 11) is 0. The average molecular weight is 612 g/mol. The third-order valence-corrected chi connectivity index (χ3v) is 7.71. The standard InChI is InChI=1S/C33H45N3O8/c1-33(2)43-23-26-19-25(13-14-29(26)44-33)28(37)20-34-15-6-3-4-7-16-42-17-8-5-10-24-11-9-12-27(18-24)35-21-30(38)36(32(35)41)22-31(39)40/h9,11-14,18-19,28,34,37H,3-8,10,15-17,20-23H2,1-2H3,(H,39,40)/t28-/m0/s1. The van der Waals surface area contributed by atoms with Crippen LogP contribution in [-0.4, -0.2) is 78.2 Å². The first-order chi connectivity index (χ1) is 21.1. The summed E-state index contributed by atoms with van der Waals surface area (Å²) in [5, 5.41) is 22.8. The number of aryl methyl sites for hydroxylation is 1. The number of aliphatic hydroxyl groups is 1. The first kappa shape index (κ1) is 33.4. The first-order valence-corrected chi connectivity index (χ1v) is 15.5. The van der Waals surface area contributed by atoms with Crippen LogP contribution in [0, 0.1) is 0 Å². The monoisotopic (exact) mass is 611 g/mol. The highest BCUT2D eigenvalue weighted by Crippen LogP contribution is 2.33. The van der Waals surface area contributed by atoms with Crippen molar-refractivity contribution in [1.82, 2.24) is 10.2 Å². The Morgan fingerprint density at radius 2 is 1.82 bits per heavy atom. The second kappa shape index (κ2) is 16.0. The number of unbranched alkanes of at least 4 members (excludes halogenated alkanes) is 4. The third kappa shape index (κ3) is 9.75. The van der Waals surface area contributed by atoms with Crippen molar-refractivity contribution in [2.45, 2.75) is 77.3 Å². The van der Waals surface area contributed by atoms with Crippen molar-refractivity contribution in [2.24, 2.45) is 0 Å². The maximum atomic E-state index is 12.5. The van der Waals surface area contributed by atoms with Crippen LogP contribution < -0.4 is 15.0 Å². The van der Waals surface area contributed by atoms with E-state index in [-0.39, 0.29) is 6.54 Å². The van der Waals surface area contributed by atoms with Crippen LogP contribution in [0.3, 0.4) is 0 Å². The quantitative estimate of drug-likeness (QED) is 0.165. The highest BCUT2D eigenvalue weighted by Gasteiger charge is 2.38. The van der Waals surface area contributed by atoms with Gasteiger partial charge in [0.2, 0.25) is 5.79 Å². The fourth-order valence-electron chi connectivity index (χ4n) is 5.28. The number of amides is 3. The molecule has 3 N–H and O–H groups in total. The number of urea groups is 1. The Balaban J connectivity index is 1.00. The largest absolute Gasteiger partial charge is 0.480 e. The number of carboxylic acids is 1. The smallest absolute Gasteiger partial charge is 0.332 e.